The van der Waals surface area contributed by atoms with E-state index in [1.165, 1.54) is 12.3 Å². The first kappa shape index (κ1) is 16.9. The summed E-state index contributed by atoms with van der Waals surface area (Å²) < 4.78 is 40.9. The van der Waals surface area contributed by atoms with Gasteiger partial charge in [0.25, 0.3) is 0 Å². The van der Waals surface area contributed by atoms with Gasteiger partial charge >= 0.3 is 6.61 Å². The summed E-state index contributed by atoms with van der Waals surface area (Å²) in [7, 11) is 0. The number of nitrogens with two attached hydrogens (primary N) is 1. The molecule has 0 saturated heterocycles. The quantitative estimate of drug-likeness (QED) is 0.701. The number of hydrogen-bond acceptors (Lipinski definition) is 5. The van der Waals surface area contributed by atoms with Crippen LogP contribution in [0.25, 0.3) is 11.5 Å². The van der Waals surface area contributed by atoms with Gasteiger partial charge in [0.05, 0.1) is 5.69 Å². The van der Waals surface area contributed by atoms with Gasteiger partial charge in [-0.05, 0) is 23.8 Å². The van der Waals surface area contributed by atoms with Gasteiger partial charge in [-0.25, -0.2) is 4.98 Å². The Morgan fingerprint density at radius 1 is 1.08 bits per heavy atom. The maximum Gasteiger partial charge on any atom is 0.387 e. The number of benzene rings is 2. The summed E-state index contributed by atoms with van der Waals surface area (Å²) >= 11 is 0. The Hall–Kier alpha value is -2.93. The molecule has 1 heterocycles. The topological polar surface area (TPSA) is 70.5 Å². The summed E-state index contributed by atoms with van der Waals surface area (Å²) in [6, 6.07) is 14.0. The Balaban J connectivity index is 1.84. The van der Waals surface area contributed by atoms with Crippen LogP contribution < -0.4 is 15.2 Å². The fourth-order valence-corrected chi connectivity index (χ4v) is 2.22. The van der Waals surface area contributed by atoms with Gasteiger partial charge in [-0.3, -0.25) is 0 Å². The molecule has 3 aromatic rings. The predicted octanol–water partition coefficient (Wildman–Crippen LogP) is 3.98. The van der Waals surface area contributed by atoms with E-state index in [0.29, 0.717) is 11.3 Å². The summed E-state index contributed by atoms with van der Waals surface area (Å²) in [5.41, 5.74) is 7.46. The number of oxazole rings is 1. The van der Waals surface area contributed by atoms with E-state index in [9.17, 15) is 8.78 Å². The highest BCUT2D eigenvalue weighted by molar-refractivity contribution is 5.60. The fourth-order valence-electron chi connectivity index (χ4n) is 2.22. The molecule has 3 rings (SSSR count). The van der Waals surface area contributed by atoms with E-state index in [0.717, 1.165) is 5.56 Å². The van der Waals surface area contributed by atoms with Crippen LogP contribution in [0.15, 0.2) is 59.2 Å². The molecular weight excluding hydrogens is 330 g/mol. The zero-order chi connectivity index (χ0) is 17.6. The maximum absolute atomic E-state index is 12.7. The van der Waals surface area contributed by atoms with Crippen LogP contribution in [0.1, 0.15) is 11.3 Å². The van der Waals surface area contributed by atoms with Crippen LogP contribution >= 0.6 is 0 Å². The lowest BCUT2D eigenvalue weighted by molar-refractivity contribution is -0.0515. The van der Waals surface area contributed by atoms with Gasteiger partial charge in [0.15, 0.2) is 11.5 Å². The number of aromatic nitrogens is 1. The summed E-state index contributed by atoms with van der Waals surface area (Å²) in [5.74, 6) is 0.392. The maximum atomic E-state index is 12.7. The molecule has 25 heavy (non-hydrogen) atoms. The molecule has 1 aromatic heterocycles. The molecule has 0 amide bonds. The monoisotopic (exact) mass is 346 g/mol. The van der Waals surface area contributed by atoms with Crippen LogP contribution in [0.2, 0.25) is 0 Å². The molecule has 0 bridgehead atoms. The van der Waals surface area contributed by atoms with Crippen molar-refractivity contribution in [2.45, 2.75) is 19.8 Å². The minimum absolute atomic E-state index is 0.0871. The third-order valence-electron chi connectivity index (χ3n) is 3.40. The van der Waals surface area contributed by atoms with E-state index in [4.69, 9.17) is 14.9 Å². The highest BCUT2D eigenvalue weighted by atomic mass is 19.3. The number of alkyl halides is 2. The van der Waals surface area contributed by atoms with Gasteiger partial charge in [-0.1, -0.05) is 30.3 Å². The number of hydrogen-bond donors (Lipinski definition) is 1. The van der Waals surface area contributed by atoms with E-state index in [-0.39, 0.29) is 30.5 Å². The molecular formula is C18H16F2N2O3. The number of nitrogens with zero attached hydrogens (tertiary/aromatic N) is 1. The Morgan fingerprint density at radius 3 is 2.56 bits per heavy atom. The second-order valence-corrected chi connectivity index (χ2v) is 5.16. The number of rotatable bonds is 7. The largest absolute Gasteiger partial charge is 0.485 e. The predicted molar refractivity (Wildman–Crippen MR) is 87.2 cm³/mol. The molecule has 0 fully saturated rings. The van der Waals surface area contributed by atoms with Gasteiger partial charge in [0.2, 0.25) is 5.89 Å². The molecule has 0 unspecified atom stereocenters. The minimum Gasteiger partial charge on any atom is -0.485 e. The van der Waals surface area contributed by atoms with Crippen molar-refractivity contribution < 1.29 is 22.7 Å². The SMILES string of the molecule is NCc1coc(-c2ccc(OCc3ccccc3)c(OC(F)F)c2)n1. The molecule has 2 N–H and O–H groups in total. The third kappa shape index (κ3) is 4.33. The van der Waals surface area contributed by atoms with Gasteiger partial charge in [0, 0.05) is 12.1 Å². The second kappa shape index (κ2) is 7.76. The molecule has 130 valence electrons. The first-order valence-electron chi connectivity index (χ1n) is 7.56. The van der Waals surface area contributed by atoms with Crippen molar-refractivity contribution in [3.05, 3.63) is 66.1 Å². The van der Waals surface area contributed by atoms with Crippen molar-refractivity contribution in [1.29, 1.82) is 0 Å². The minimum atomic E-state index is -2.97. The standard InChI is InChI=1S/C18H16F2N2O3/c19-18(20)25-16-8-13(17-22-14(9-21)11-24-17)6-7-15(16)23-10-12-4-2-1-3-5-12/h1-8,11,18H,9-10,21H2. The third-order valence-corrected chi connectivity index (χ3v) is 3.40. The molecule has 0 aliphatic rings. The Morgan fingerprint density at radius 2 is 1.88 bits per heavy atom. The molecule has 0 radical (unpaired) electrons. The number of halogens is 2. The van der Waals surface area contributed by atoms with Crippen molar-refractivity contribution in [1.82, 2.24) is 4.98 Å². The van der Waals surface area contributed by atoms with Crippen LogP contribution in [0.4, 0.5) is 8.78 Å². The number of ether oxygens (including phenoxy) is 2. The lowest BCUT2D eigenvalue weighted by Crippen LogP contribution is -2.05. The summed E-state index contributed by atoms with van der Waals surface area (Å²) in [5, 5.41) is 0. The smallest absolute Gasteiger partial charge is 0.387 e. The lowest BCUT2D eigenvalue weighted by atomic mass is 10.2. The van der Waals surface area contributed by atoms with E-state index >= 15 is 0 Å². The van der Waals surface area contributed by atoms with Crippen LogP contribution in [-0.4, -0.2) is 11.6 Å². The van der Waals surface area contributed by atoms with Crippen LogP contribution in [0, 0.1) is 0 Å². The first-order chi connectivity index (χ1) is 12.2. The first-order valence-corrected chi connectivity index (χ1v) is 7.56. The average Bonchev–Trinajstić information content (AvgIpc) is 3.10. The molecule has 2 aromatic carbocycles. The highest BCUT2D eigenvalue weighted by Gasteiger charge is 2.15. The Labute approximate surface area is 143 Å². The van der Waals surface area contributed by atoms with Gasteiger partial charge in [0.1, 0.15) is 12.9 Å². The van der Waals surface area contributed by atoms with Crippen molar-refractivity contribution in [3.8, 4) is 23.0 Å². The van der Waals surface area contributed by atoms with Crippen molar-refractivity contribution in [2.24, 2.45) is 5.73 Å². The van der Waals surface area contributed by atoms with Gasteiger partial charge in [-0.2, -0.15) is 8.78 Å². The van der Waals surface area contributed by atoms with Gasteiger partial charge < -0.3 is 19.6 Å². The summed E-state index contributed by atoms with van der Waals surface area (Å²) in [4.78, 5) is 4.17. The van der Waals surface area contributed by atoms with Crippen molar-refractivity contribution in [2.75, 3.05) is 0 Å². The molecule has 0 aliphatic carbocycles. The molecule has 0 saturated carbocycles. The Bertz CT molecular complexity index is 822. The Kier molecular flexibility index (Phi) is 5.25. The van der Waals surface area contributed by atoms with E-state index in [2.05, 4.69) is 9.72 Å². The summed E-state index contributed by atoms with van der Waals surface area (Å²) in [6.45, 7) is -2.52. The lowest BCUT2D eigenvalue weighted by Gasteiger charge is -2.13. The van der Waals surface area contributed by atoms with Crippen molar-refractivity contribution in [3.63, 3.8) is 0 Å². The molecule has 7 heteroatoms. The molecule has 0 atom stereocenters. The second-order valence-electron chi connectivity index (χ2n) is 5.16. The summed E-state index contributed by atoms with van der Waals surface area (Å²) in [6.07, 6.45) is 1.42. The zero-order valence-corrected chi connectivity index (χ0v) is 13.2. The van der Waals surface area contributed by atoms with Gasteiger partial charge in [-0.15, -0.1) is 0 Å². The van der Waals surface area contributed by atoms with Crippen molar-refractivity contribution >= 4 is 0 Å². The average molecular weight is 346 g/mol. The van der Waals surface area contributed by atoms with E-state index < -0.39 is 6.61 Å². The van der Waals surface area contributed by atoms with Crippen LogP contribution in [0.5, 0.6) is 11.5 Å². The fraction of sp³-hybridized carbons (Fsp3) is 0.167. The van der Waals surface area contributed by atoms with Crippen LogP contribution in [-0.2, 0) is 13.2 Å². The molecule has 0 aliphatic heterocycles. The van der Waals surface area contributed by atoms with Crippen LogP contribution in [0.3, 0.4) is 0 Å². The molecule has 0 spiro atoms. The zero-order valence-electron chi connectivity index (χ0n) is 13.2. The molecule has 5 nitrogen and oxygen atoms in total. The highest BCUT2D eigenvalue weighted by Crippen LogP contribution is 2.34. The normalized spacial score (nSPS) is 10.9. The van der Waals surface area contributed by atoms with E-state index in [1.54, 1.807) is 12.1 Å². The van der Waals surface area contributed by atoms with E-state index in [1.807, 2.05) is 30.3 Å².